The molecule has 0 saturated carbocycles. The van der Waals surface area contributed by atoms with E-state index in [9.17, 15) is 9.59 Å². The molecular formula is C19H15ClO5S. The van der Waals surface area contributed by atoms with Gasteiger partial charge in [0.15, 0.2) is 5.76 Å². The molecule has 0 bridgehead atoms. The Balaban J connectivity index is 2.09. The van der Waals surface area contributed by atoms with Gasteiger partial charge in [0.1, 0.15) is 5.58 Å². The average molecular weight is 391 g/mol. The van der Waals surface area contributed by atoms with Crippen molar-refractivity contribution in [3.63, 3.8) is 0 Å². The Hall–Kier alpha value is -2.57. The van der Waals surface area contributed by atoms with Crippen LogP contribution in [0, 0.1) is 6.92 Å². The van der Waals surface area contributed by atoms with E-state index in [0.29, 0.717) is 21.8 Å². The quantitative estimate of drug-likeness (QED) is 0.456. The number of ether oxygens (including phenoxy) is 2. The van der Waals surface area contributed by atoms with Gasteiger partial charge in [0.25, 0.3) is 0 Å². The van der Waals surface area contributed by atoms with Gasteiger partial charge in [-0.05, 0) is 43.3 Å². The van der Waals surface area contributed by atoms with E-state index in [0.717, 1.165) is 9.75 Å². The molecule has 0 spiro atoms. The van der Waals surface area contributed by atoms with Crippen molar-refractivity contribution in [2.75, 3.05) is 7.11 Å². The summed E-state index contributed by atoms with van der Waals surface area (Å²) in [5, 5.41) is 0.752. The second kappa shape index (κ2) is 7.76. The number of aryl methyl sites for hydroxylation is 1. The standard InChI is InChI=1S/C19H15ClO5S/c1-11-5-8-15(26-11)18-19(24-9-3-4-16(21)23-2)17(22)13-10-12(20)6-7-14(13)25-18/h3,5-10H,4H2,1-2H3/b9-3+. The minimum absolute atomic E-state index is 0.0364. The van der Waals surface area contributed by atoms with Crippen LogP contribution in [0.25, 0.3) is 21.6 Å². The Morgan fingerprint density at radius 3 is 2.81 bits per heavy atom. The van der Waals surface area contributed by atoms with E-state index in [1.54, 1.807) is 12.1 Å². The van der Waals surface area contributed by atoms with E-state index < -0.39 is 5.97 Å². The van der Waals surface area contributed by atoms with Crippen molar-refractivity contribution >= 4 is 39.9 Å². The van der Waals surface area contributed by atoms with E-state index in [1.807, 2.05) is 19.1 Å². The first-order valence-corrected chi connectivity index (χ1v) is 8.90. The van der Waals surface area contributed by atoms with Crippen molar-refractivity contribution in [1.29, 1.82) is 0 Å². The first-order valence-electron chi connectivity index (χ1n) is 7.71. The summed E-state index contributed by atoms with van der Waals surface area (Å²) in [5.41, 5.74) is 0.0869. The zero-order valence-corrected chi connectivity index (χ0v) is 15.6. The highest BCUT2D eigenvalue weighted by Gasteiger charge is 2.18. The first-order chi connectivity index (χ1) is 12.5. The van der Waals surface area contributed by atoms with Crippen molar-refractivity contribution in [2.24, 2.45) is 0 Å². The van der Waals surface area contributed by atoms with Gasteiger partial charge < -0.3 is 13.9 Å². The monoisotopic (exact) mass is 390 g/mol. The first kappa shape index (κ1) is 18.2. The maximum atomic E-state index is 12.9. The fourth-order valence-electron chi connectivity index (χ4n) is 2.32. The predicted molar refractivity (Wildman–Crippen MR) is 102 cm³/mol. The summed E-state index contributed by atoms with van der Waals surface area (Å²) in [6, 6.07) is 8.65. The topological polar surface area (TPSA) is 65.7 Å². The molecule has 0 N–H and O–H groups in total. The van der Waals surface area contributed by atoms with Crippen LogP contribution < -0.4 is 10.2 Å². The molecule has 5 nitrogen and oxygen atoms in total. The zero-order valence-electron chi connectivity index (χ0n) is 14.1. The largest absolute Gasteiger partial charge is 0.469 e. The number of thiophene rings is 1. The molecule has 134 valence electrons. The molecule has 26 heavy (non-hydrogen) atoms. The number of benzene rings is 1. The molecule has 0 fully saturated rings. The van der Waals surface area contributed by atoms with Crippen molar-refractivity contribution < 1.29 is 18.7 Å². The van der Waals surface area contributed by atoms with E-state index in [2.05, 4.69) is 4.74 Å². The van der Waals surface area contributed by atoms with E-state index in [1.165, 1.54) is 36.9 Å². The third-order valence-corrected chi connectivity index (χ3v) is 4.80. The molecule has 3 aromatic rings. The lowest BCUT2D eigenvalue weighted by atomic mass is 10.2. The summed E-state index contributed by atoms with van der Waals surface area (Å²) in [4.78, 5) is 25.9. The molecule has 3 rings (SSSR count). The second-order valence-electron chi connectivity index (χ2n) is 5.41. The number of halogens is 1. The maximum absolute atomic E-state index is 12.9. The highest BCUT2D eigenvalue weighted by atomic mass is 35.5. The number of hydrogen-bond donors (Lipinski definition) is 0. The van der Waals surface area contributed by atoms with Crippen LogP contribution >= 0.6 is 22.9 Å². The third-order valence-electron chi connectivity index (χ3n) is 3.57. The lowest BCUT2D eigenvalue weighted by Crippen LogP contribution is -2.07. The highest BCUT2D eigenvalue weighted by Crippen LogP contribution is 2.35. The molecule has 0 unspecified atom stereocenters. The van der Waals surface area contributed by atoms with Gasteiger partial charge >= 0.3 is 5.97 Å². The molecule has 2 heterocycles. The normalized spacial score (nSPS) is 11.2. The summed E-state index contributed by atoms with van der Waals surface area (Å²) < 4.78 is 16.0. The minimum Gasteiger partial charge on any atom is -0.469 e. The van der Waals surface area contributed by atoms with Crippen molar-refractivity contribution in [1.82, 2.24) is 0 Å². The van der Waals surface area contributed by atoms with Crippen LogP contribution in [-0.2, 0) is 9.53 Å². The van der Waals surface area contributed by atoms with Gasteiger partial charge in [-0.3, -0.25) is 9.59 Å². The van der Waals surface area contributed by atoms with Crippen LogP contribution in [0.2, 0.25) is 5.02 Å². The van der Waals surface area contributed by atoms with Gasteiger partial charge in [0, 0.05) is 9.90 Å². The molecule has 2 aromatic heterocycles. The van der Waals surface area contributed by atoms with Gasteiger partial charge in [-0.25, -0.2) is 0 Å². The molecule has 0 radical (unpaired) electrons. The van der Waals surface area contributed by atoms with Crippen molar-refractivity contribution in [2.45, 2.75) is 13.3 Å². The molecular weight excluding hydrogens is 376 g/mol. The van der Waals surface area contributed by atoms with Crippen LogP contribution in [-0.4, -0.2) is 13.1 Å². The lowest BCUT2D eigenvalue weighted by Gasteiger charge is -2.08. The molecule has 1 aromatic carbocycles. The zero-order chi connectivity index (χ0) is 18.7. The van der Waals surface area contributed by atoms with Crippen molar-refractivity contribution in [3.8, 4) is 16.4 Å². The number of methoxy groups -OCH3 is 1. The number of rotatable bonds is 5. The number of hydrogen-bond acceptors (Lipinski definition) is 6. The summed E-state index contributed by atoms with van der Waals surface area (Å²) >= 11 is 7.48. The molecule has 0 atom stereocenters. The summed E-state index contributed by atoms with van der Waals surface area (Å²) in [5.74, 6) is -0.0235. The smallest absolute Gasteiger partial charge is 0.309 e. The Kier molecular flexibility index (Phi) is 5.44. The van der Waals surface area contributed by atoms with Crippen molar-refractivity contribution in [3.05, 3.63) is 62.8 Å². The molecule has 0 aliphatic heterocycles. The highest BCUT2D eigenvalue weighted by molar-refractivity contribution is 7.15. The van der Waals surface area contributed by atoms with Gasteiger partial charge in [-0.15, -0.1) is 11.3 Å². The summed E-state index contributed by atoms with van der Waals surface area (Å²) in [6.45, 7) is 1.96. The lowest BCUT2D eigenvalue weighted by molar-refractivity contribution is -0.139. The van der Waals surface area contributed by atoms with Crippen LogP contribution in [0.5, 0.6) is 5.75 Å². The Morgan fingerprint density at radius 2 is 2.12 bits per heavy atom. The van der Waals surface area contributed by atoms with Gasteiger partial charge in [-0.2, -0.15) is 0 Å². The van der Waals surface area contributed by atoms with E-state index in [4.69, 9.17) is 20.8 Å². The number of carbonyl (C=O) groups is 1. The average Bonchev–Trinajstić information content (AvgIpc) is 3.06. The Morgan fingerprint density at radius 1 is 1.31 bits per heavy atom. The van der Waals surface area contributed by atoms with Crippen LogP contribution in [0.3, 0.4) is 0 Å². The van der Waals surface area contributed by atoms with Gasteiger partial charge in [0.2, 0.25) is 11.2 Å². The number of fused-ring (bicyclic) bond motifs is 1. The Labute approximate surface area is 158 Å². The fraction of sp³-hybridized carbons (Fsp3) is 0.158. The minimum atomic E-state index is -0.406. The summed E-state index contributed by atoms with van der Waals surface area (Å²) in [6.07, 6.45) is 2.79. The Bertz CT molecular complexity index is 1050. The van der Waals surface area contributed by atoms with Crippen LogP contribution in [0.1, 0.15) is 11.3 Å². The third kappa shape index (κ3) is 3.81. The number of carbonyl (C=O) groups excluding carboxylic acids is 1. The molecule has 7 heteroatoms. The molecule has 0 aliphatic rings. The molecule has 0 saturated heterocycles. The van der Waals surface area contributed by atoms with E-state index >= 15 is 0 Å². The predicted octanol–water partition coefficient (Wildman–Crippen LogP) is 4.94. The van der Waals surface area contributed by atoms with Crippen LogP contribution in [0.15, 0.2) is 51.9 Å². The maximum Gasteiger partial charge on any atom is 0.309 e. The summed E-state index contributed by atoms with van der Waals surface area (Å²) in [7, 11) is 1.30. The second-order valence-corrected chi connectivity index (χ2v) is 7.13. The number of esters is 1. The molecule has 0 aliphatic carbocycles. The van der Waals surface area contributed by atoms with Crippen LogP contribution in [0.4, 0.5) is 0 Å². The van der Waals surface area contributed by atoms with E-state index in [-0.39, 0.29) is 17.6 Å². The fourth-order valence-corrected chi connectivity index (χ4v) is 3.34. The SMILES string of the molecule is COC(=O)C/C=C/Oc1c(-c2ccc(C)s2)oc2ccc(Cl)cc2c1=O. The molecule has 0 amide bonds. The van der Waals surface area contributed by atoms with Gasteiger partial charge in [-0.1, -0.05) is 11.6 Å². The van der Waals surface area contributed by atoms with Gasteiger partial charge in [0.05, 0.1) is 30.1 Å².